The van der Waals surface area contributed by atoms with Gasteiger partial charge in [0, 0.05) is 17.6 Å². The molecule has 112 valence electrons. The first kappa shape index (κ1) is 14.2. The van der Waals surface area contributed by atoms with Gasteiger partial charge in [0.25, 0.3) is 0 Å². The van der Waals surface area contributed by atoms with Crippen molar-refractivity contribution in [1.82, 2.24) is 4.98 Å². The summed E-state index contributed by atoms with van der Waals surface area (Å²) >= 11 is 0. The first-order valence-electron chi connectivity index (χ1n) is 8.06. The van der Waals surface area contributed by atoms with Crippen LogP contribution in [-0.2, 0) is 0 Å². The number of ether oxygens (including phenoxy) is 1. The summed E-state index contributed by atoms with van der Waals surface area (Å²) < 4.78 is 5.35. The maximum Gasteiger partial charge on any atom is 0.134 e. The van der Waals surface area contributed by atoms with Crippen LogP contribution in [-0.4, -0.2) is 18.1 Å². The van der Waals surface area contributed by atoms with Crippen LogP contribution >= 0.6 is 0 Å². The van der Waals surface area contributed by atoms with Crippen molar-refractivity contribution in [3.05, 3.63) is 30.5 Å². The van der Waals surface area contributed by atoms with Gasteiger partial charge in [0.2, 0.25) is 0 Å². The Morgan fingerprint density at radius 3 is 2.57 bits per heavy atom. The lowest BCUT2D eigenvalue weighted by molar-refractivity contribution is 0.415. The van der Waals surface area contributed by atoms with E-state index in [-0.39, 0.29) is 0 Å². The minimum atomic E-state index is 0.551. The summed E-state index contributed by atoms with van der Waals surface area (Å²) in [5, 5.41) is 6.04. The molecule has 0 bridgehead atoms. The highest BCUT2D eigenvalue weighted by molar-refractivity contribution is 5.92. The van der Waals surface area contributed by atoms with E-state index >= 15 is 0 Å². The topological polar surface area (TPSA) is 34.1 Å². The number of hydrogen-bond acceptors (Lipinski definition) is 3. The van der Waals surface area contributed by atoms with E-state index < -0.39 is 0 Å². The smallest absolute Gasteiger partial charge is 0.134 e. The SMILES string of the molecule is COc1ccc2ccnc(NC3CCCCCCC3)c2c1. The molecule has 0 amide bonds. The number of anilines is 1. The molecule has 0 aliphatic heterocycles. The van der Waals surface area contributed by atoms with Crippen molar-refractivity contribution in [2.24, 2.45) is 0 Å². The minimum absolute atomic E-state index is 0.551. The van der Waals surface area contributed by atoms with Crippen molar-refractivity contribution in [3.8, 4) is 5.75 Å². The van der Waals surface area contributed by atoms with Gasteiger partial charge in [-0.3, -0.25) is 0 Å². The second kappa shape index (κ2) is 6.79. The van der Waals surface area contributed by atoms with Gasteiger partial charge in [-0.1, -0.05) is 38.2 Å². The van der Waals surface area contributed by atoms with Crippen molar-refractivity contribution in [1.29, 1.82) is 0 Å². The van der Waals surface area contributed by atoms with E-state index in [9.17, 15) is 0 Å². The maximum atomic E-state index is 5.35. The Hall–Kier alpha value is -1.77. The number of aromatic nitrogens is 1. The fraction of sp³-hybridized carbons (Fsp3) is 0.500. The molecule has 1 saturated carbocycles. The third-order valence-corrected chi connectivity index (χ3v) is 4.42. The van der Waals surface area contributed by atoms with Crippen LogP contribution in [0.5, 0.6) is 5.75 Å². The lowest BCUT2D eigenvalue weighted by atomic mass is 9.96. The summed E-state index contributed by atoms with van der Waals surface area (Å²) in [6, 6.07) is 8.78. The molecule has 0 spiro atoms. The third-order valence-electron chi connectivity index (χ3n) is 4.42. The molecular formula is C18H24N2O. The number of nitrogens with zero attached hydrogens (tertiary/aromatic N) is 1. The molecular weight excluding hydrogens is 260 g/mol. The molecule has 1 fully saturated rings. The molecule has 1 heterocycles. The van der Waals surface area contributed by atoms with Gasteiger partial charge in [0.1, 0.15) is 11.6 Å². The number of rotatable bonds is 3. The molecule has 1 aliphatic rings. The standard InChI is InChI=1S/C18H24N2O/c1-21-16-10-9-14-11-12-19-18(17(14)13-16)20-15-7-5-3-2-4-6-8-15/h9-13,15H,2-8H2,1H3,(H,19,20). The largest absolute Gasteiger partial charge is 0.497 e. The van der Waals surface area contributed by atoms with Gasteiger partial charge < -0.3 is 10.1 Å². The molecule has 0 unspecified atom stereocenters. The second-order valence-electron chi connectivity index (χ2n) is 5.93. The van der Waals surface area contributed by atoms with E-state index in [4.69, 9.17) is 4.74 Å². The van der Waals surface area contributed by atoms with Gasteiger partial charge in [-0.05, 0) is 36.4 Å². The Balaban J connectivity index is 1.84. The number of nitrogens with one attached hydrogen (secondary N) is 1. The molecule has 1 N–H and O–H groups in total. The molecule has 1 aromatic heterocycles. The number of benzene rings is 1. The van der Waals surface area contributed by atoms with Crippen LogP contribution in [0.15, 0.2) is 30.5 Å². The highest BCUT2D eigenvalue weighted by Gasteiger charge is 2.13. The van der Waals surface area contributed by atoms with Crippen molar-refractivity contribution in [2.75, 3.05) is 12.4 Å². The van der Waals surface area contributed by atoms with Gasteiger partial charge >= 0.3 is 0 Å². The quantitative estimate of drug-likeness (QED) is 0.881. The molecule has 3 nitrogen and oxygen atoms in total. The Morgan fingerprint density at radius 1 is 1.05 bits per heavy atom. The predicted octanol–water partition coefficient (Wildman–Crippen LogP) is 4.77. The average molecular weight is 284 g/mol. The first-order valence-corrected chi connectivity index (χ1v) is 8.06. The zero-order valence-corrected chi connectivity index (χ0v) is 12.8. The third kappa shape index (κ3) is 3.46. The summed E-state index contributed by atoms with van der Waals surface area (Å²) in [4.78, 5) is 4.56. The molecule has 1 aliphatic carbocycles. The molecule has 3 rings (SSSR count). The minimum Gasteiger partial charge on any atom is -0.497 e. The van der Waals surface area contributed by atoms with E-state index in [2.05, 4.69) is 28.5 Å². The number of hydrogen-bond donors (Lipinski definition) is 1. The number of methoxy groups -OCH3 is 1. The Morgan fingerprint density at radius 2 is 1.81 bits per heavy atom. The lowest BCUT2D eigenvalue weighted by Gasteiger charge is -2.22. The van der Waals surface area contributed by atoms with Crippen LogP contribution in [0.25, 0.3) is 10.8 Å². The zero-order valence-electron chi connectivity index (χ0n) is 12.8. The highest BCUT2D eigenvalue weighted by Crippen LogP contribution is 2.28. The van der Waals surface area contributed by atoms with Gasteiger partial charge in [0.05, 0.1) is 7.11 Å². The van der Waals surface area contributed by atoms with Crippen LogP contribution in [0.1, 0.15) is 44.9 Å². The fourth-order valence-electron chi connectivity index (χ4n) is 3.18. The van der Waals surface area contributed by atoms with Crippen molar-refractivity contribution >= 4 is 16.6 Å². The van der Waals surface area contributed by atoms with Crippen molar-refractivity contribution in [3.63, 3.8) is 0 Å². The van der Waals surface area contributed by atoms with E-state index in [1.165, 1.54) is 50.3 Å². The van der Waals surface area contributed by atoms with Gasteiger partial charge in [-0.15, -0.1) is 0 Å². The molecule has 0 atom stereocenters. The normalized spacial score (nSPS) is 17.2. The van der Waals surface area contributed by atoms with Crippen LogP contribution < -0.4 is 10.1 Å². The van der Waals surface area contributed by atoms with E-state index in [1.807, 2.05) is 12.3 Å². The number of fused-ring (bicyclic) bond motifs is 1. The van der Waals surface area contributed by atoms with E-state index in [1.54, 1.807) is 7.11 Å². The van der Waals surface area contributed by atoms with Crippen LogP contribution in [0, 0.1) is 0 Å². The Bertz CT molecular complexity index is 589. The summed E-state index contributed by atoms with van der Waals surface area (Å²) in [7, 11) is 1.71. The number of pyridine rings is 1. The summed E-state index contributed by atoms with van der Waals surface area (Å²) in [5.74, 6) is 1.88. The first-order chi connectivity index (χ1) is 10.4. The van der Waals surface area contributed by atoms with Gasteiger partial charge in [-0.2, -0.15) is 0 Å². The lowest BCUT2D eigenvalue weighted by Crippen LogP contribution is -2.21. The molecule has 2 aromatic rings. The van der Waals surface area contributed by atoms with E-state index in [0.717, 1.165) is 17.0 Å². The molecule has 0 radical (unpaired) electrons. The van der Waals surface area contributed by atoms with E-state index in [0.29, 0.717) is 6.04 Å². The van der Waals surface area contributed by atoms with Crippen molar-refractivity contribution in [2.45, 2.75) is 51.0 Å². The molecule has 21 heavy (non-hydrogen) atoms. The van der Waals surface area contributed by atoms with Crippen molar-refractivity contribution < 1.29 is 4.74 Å². The summed E-state index contributed by atoms with van der Waals surface area (Å²) in [5.41, 5.74) is 0. The average Bonchev–Trinajstić information content (AvgIpc) is 2.49. The summed E-state index contributed by atoms with van der Waals surface area (Å²) in [6.07, 6.45) is 11.2. The predicted molar refractivity (Wildman–Crippen MR) is 88.0 cm³/mol. The monoisotopic (exact) mass is 284 g/mol. The highest BCUT2D eigenvalue weighted by atomic mass is 16.5. The summed E-state index contributed by atoms with van der Waals surface area (Å²) in [6.45, 7) is 0. The van der Waals surface area contributed by atoms with Gasteiger partial charge in [0.15, 0.2) is 0 Å². The Labute approximate surface area is 126 Å². The second-order valence-corrected chi connectivity index (χ2v) is 5.93. The van der Waals surface area contributed by atoms with Crippen LogP contribution in [0.2, 0.25) is 0 Å². The van der Waals surface area contributed by atoms with Gasteiger partial charge in [-0.25, -0.2) is 4.98 Å². The Kier molecular flexibility index (Phi) is 4.59. The molecule has 1 aromatic carbocycles. The van der Waals surface area contributed by atoms with Crippen LogP contribution in [0.3, 0.4) is 0 Å². The maximum absolute atomic E-state index is 5.35. The molecule has 0 saturated heterocycles. The van der Waals surface area contributed by atoms with Crippen LogP contribution in [0.4, 0.5) is 5.82 Å². The fourth-order valence-corrected chi connectivity index (χ4v) is 3.18. The molecule has 3 heteroatoms. The zero-order chi connectivity index (χ0) is 14.5.